The van der Waals surface area contributed by atoms with Crippen LogP contribution in [0.15, 0.2) is 54.1 Å². The van der Waals surface area contributed by atoms with Crippen molar-refractivity contribution in [3.63, 3.8) is 0 Å². The van der Waals surface area contributed by atoms with E-state index in [9.17, 15) is 29.9 Å². The number of nitro benzene ring substituents is 1. The van der Waals surface area contributed by atoms with Crippen molar-refractivity contribution in [3.05, 3.63) is 75.3 Å². The molecule has 0 aromatic heterocycles. The van der Waals surface area contributed by atoms with Crippen molar-refractivity contribution in [3.8, 4) is 5.75 Å². The molecule has 0 aliphatic carbocycles. The van der Waals surface area contributed by atoms with E-state index in [-0.39, 0.29) is 22.6 Å². The van der Waals surface area contributed by atoms with Crippen LogP contribution in [0.1, 0.15) is 63.1 Å². The topological polar surface area (TPSA) is 124 Å². The van der Waals surface area contributed by atoms with Gasteiger partial charge in [0.2, 0.25) is 0 Å². The number of amides is 1. The van der Waals surface area contributed by atoms with Crippen LogP contribution in [0.3, 0.4) is 0 Å². The Hall–Kier alpha value is -3.72. The van der Waals surface area contributed by atoms with E-state index in [4.69, 9.17) is 0 Å². The Labute approximate surface area is 217 Å². The fraction of sp³-hybridized carbons (Fsp3) is 0.429. The zero-order valence-electron chi connectivity index (χ0n) is 21.4. The van der Waals surface area contributed by atoms with E-state index >= 15 is 0 Å². The second kappa shape index (κ2) is 13.0. The summed E-state index contributed by atoms with van der Waals surface area (Å²) in [4.78, 5) is 40.6. The molecule has 37 heavy (non-hydrogen) atoms. The molecule has 1 saturated heterocycles. The van der Waals surface area contributed by atoms with Crippen molar-refractivity contribution in [1.82, 2.24) is 9.80 Å². The van der Waals surface area contributed by atoms with E-state index < -0.39 is 28.4 Å². The quantitative estimate of drug-likeness (QED) is 0.128. The van der Waals surface area contributed by atoms with Crippen LogP contribution in [0.25, 0.3) is 5.76 Å². The number of phenolic OH excluding ortho intramolecular Hbond substituents is 1. The lowest BCUT2D eigenvalue weighted by Crippen LogP contribution is -2.34. The summed E-state index contributed by atoms with van der Waals surface area (Å²) in [5, 5.41) is 32.2. The number of Topliss-reactive ketones (excluding diaryl/α,β-unsaturated/α-hetero) is 1. The second-order valence-corrected chi connectivity index (χ2v) is 9.29. The van der Waals surface area contributed by atoms with Gasteiger partial charge in [-0.15, -0.1) is 0 Å². The van der Waals surface area contributed by atoms with Gasteiger partial charge in [-0.25, -0.2) is 0 Å². The van der Waals surface area contributed by atoms with Gasteiger partial charge in [-0.3, -0.25) is 19.7 Å². The van der Waals surface area contributed by atoms with Gasteiger partial charge in [-0.2, -0.15) is 0 Å². The summed E-state index contributed by atoms with van der Waals surface area (Å²) in [6.45, 7) is 7.33. The average molecular weight is 510 g/mol. The zero-order chi connectivity index (χ0) is 26.9. The van der Waals surface area contributed by atoms with Crippen LogP contribution in [-0.2, 0) is 9.59 Å². The molecule has 1 heterocycles. The predicted octanol–water partition coefficient (Wildman–Crippen LogP) is 5.01. The number of phenols is 1. The Kier molecular flexibility index (Phi) is 9.79. The third-order valence-corrected chi connectivity index (χ3v) is 6.61. The highest BCUT2D eigenvalue weighted by Crippen LogP contribution is 2.40. The first-order chi connectivity index (χ1) is 17.8. The fourth-order valence-electron chi connectivity index (χ4n) is 4.61. The van der Waals surface area contributed by atoms with Crippen molar-refractivity contribution < 1.29 is 24.7 Å². The Morgan fingerprint density at radius 2 is 1.62 bits per heavy atom. The minimum absolute atomic E-state index is 0.0243. The standard InChI is InChI=1S/C28H35N3O6/c1-3-5-15-29(16-6-4-2)17-8-18-30-25(21-9-7-10-23(32)19-21)24(27(34)28(30)35)26(33)20-11-13-22(14-12-20)31(36)37/h7,9-14,19,25,32-33H,3-6,8,15-18H2,1-2H3/t25-/m0/s1. The first-order valence-electron chi connectivity index (χ1n) is 12.8. The van der Waals surface area contributed by atoms with Crippen molar-refractivity contribution in [2.45, 2.75) is 52.0 Å². The fourth-order valence-corrected chi connectivity index (χ4v) is 4.61. The smallest absolute Gasteiger partial charge is 0.295 e. The Morgan fingerprint density at radius 1 is 1.00 bits per heavy atom. The van der Waals surface area contributed by atoms with Gasteiger partial charge in [0.15, 0.2) is 0 Å². The minimum atomic E-state index is -0.887. The van der Waals surface area contributed by atoms with Crippen LogP contribution >= 0.6 is 0 Å². The Bertz CT molecular complexity index is 1140. The number of aliphatic hydroxyl groups excluding tert-OH is 1. The molecule has 3 rings (SSSR count). The van der Waals surface area contributed by atoms with Gasteiger partial charge in [0.05, 0.1) is 16.5 Å². The molecule has 1 fully saturated rings. The molecule has 9 heteroatoms. The lowest BCUT2D eigenvalue weighted by molar-refractivity contribution is -0.384. The van der Waals surface area contributed by atoms with Gasteiger partial charge in [0.25, 0.3) is 17.4 Å². The van der Waals surface area contributed by atoms with Crippen LogP contribution in [0.4, 0.5) is 5.69 Å². The molecular weight excluding hydrogens is 474 g/mol. The number of aliphatic hydroxyl groups is 1. The van der Waals surface area contributed by atoms with E-state index in [1.165, 1.54) is 41.3 Å². The number of non-ortho nitro benzene ring substituents is 1. The number of ketones is 1. The van der Waals surface area contributed by atoms with Crippen LogP contribution in [-0.4, -0.2) is 62.8 Å². The summed E-state index contributed by atoms with van der Waals surface area (Å²) < 4.78 is 0. The average Bonchev–Trinajstić information content (AvgIpc) is 3.14. The first-order valence-corrected chi connectivity index (χ1v) is 12.8. The van der Waals surface area contributed by atoms with E-state index in [1.54, 1.807) is 12.1 Å². The minimum Gasteiger partial charge on any atom is -0.508 e. The summed E-state index contributed by atoms with van der Waals surface area (Å²) in [6.07, 6.45) is 5.02. The van der Waals surface area contributed by atoms with Crippen LogP contribution in [0, 0.1) is 10.1 Å². The van der Waals surface area contributed by atoms with Gasteiger partial charge in [-0.1, -0.05) is 38.8 Å². The maximum atomic E-state index is 13.2. The molecular formula is C28H35N3O6. The molecule has 0 spiro atoms. The number of aromatic hydroxyl groups is 1. The Morgan fingerprint density at radius 3 is 2.19 bits per heavy atom. The molecule has 0 radical (unpaired) electrons. The summed E-state index contributed by atoms with van der Waals surface area (Å²) in [5.41, 5.74) is 0.436. The first kappa shape index (κ1) is 27.9. The number of hydrogen-bond acceptors (Lipinski definition) is 7. The number of nitro groups is 1. The van der Waals surface area contributed by atoms with Crippen LogP contribution in [0.5, 0.6) is 5.75 Å². The van der Waals surface area contributed by atoms with E-state index in [0.29, 0.717) is 18.5 Å². The summed E-state index contributed by atoms with van der Waals surface area (Å²) in [6, 6.07) is 10.6. The number of carbonyl (C=O) groups is 2. The number of hydrogen-bond donors (Lipinski definition) is 2. The zero-order valence-corrected chi connectivity index (χ0v) is 21.4. The Balaban J connectivity index is 1.93. The molecule has 0 unspecified atom stereocenters. The highest BCUT2D eigenvalue weighted by molar-refractivity contribution is 6.46. The summed E-state index contributed by atoms with van der Waals surface area (Å²) >= 11 is 0. The summed E-state index contributed by atoms with van der Waals surface area (Å²) in [7, 11) is 0. The largest absolute Gasteiger partial charge is 0.508 e. The van der Waals surface area contributed by atoms with Crippen LogP contribution in [0.2, 0.25) is 0 Å². The third kappa shape index (κ3) is 6.74. The van der Waals surface area contributed by atoms with Crippen molar-refractivity contribution >= 4 is 23.1 Å². The molecule has 2 N–H and O–H groups in total. The van der Waals surface area contributed by atoms with Gasteiger partial charge in [0, 0.05) is 24.2 Å². The SMILES string of the molecule is CCCCN(CCCC)CCCN1C(=O)C(=O)C(=C(O)c2ccc([N+](=O)[O-])cc2)[C@@H]1c1cccc(O)c1. The number of likely N-dealkylation sites (tertiary alicyclic amines) is 1. The molecule has 1 aliphatic rings. The number of carbonyl (C=O) groups excluding carboxylic acids is 2. The van der Waals surface area contributed by atoms with Crippen molar-refractivity contribution in [2.75, 3.05) is 26.2 Å². The monoisotopic (exact) mass is 509 g/mol. The van der Waals surface area contributed by atoms with E-state index in [0.717, 1.165) is 45.3 Å². The molecule has 1 amide bonds. The summed E-state index contributed by atoms with van der Waals surface area (Å²) in [5.74, 6) is -1.97. The van der Waals surface area contributed by atoms with E-state index in [1.807, 2.05) is 0 Å². The molecule has 1 aliphatic heterocycles. The molecule has 1 atom stereocenters. The van der Waals surface area contributed by atoms with Gasteiger partial charge in [0.1, 0.15) is 11.5 Å². The highest BCUT2D eigenvalue weighted by Gasteiger charge is 2.45. The maximum absolute atomic E-state index is 13.2. The highest BCUT2D eigenvalue weighted by atomic mass is 16.6. The third-order valence-electron chi connectivity index (χ3n) is 6.61. The lowest BCUT2D eigenvalue weighted by Gasteiger charge is -2.27. The number of unbranched alkanes of at least 4 members (excludes halogenated alkanes) is 2. The number of nitrogens with zero attached hydrogens (tertiary/aromatic N) is 3. The van der Waals surface area contributed by atoms with E-state index in [2.05, 4.69) is 18.7 Å². The second-order valence-electron chi connectivity index (χ2n) is 9.29. The van der Waals surface area contributed by atoms with Crippen molar-refractivity contribution in [1.29, 1.82) is 0 Å². The molecule has 0 saturated carbocycles. The lowest BCUT2D eigenvalue weighted by atomic mass is 9.95. The molecule has 198 valence electrons. The molecule has 2 aromatic rings. The number of benzene rings is 2. The number of rotatable bonds is 13. The molecule has 2 aromatic carbocycles. The molecule has 0 bridgehead atoms. The molecule has 9 nitrogen and oxygen atoms in total. The van der Waals surface area contributed by atoms with Crippen LogP contribution < -0.4 is 0 Å². The van der Waals surface area contributed by atoms with Gasteiger partial charge < -0.3 is 20.0 Å². The van der Waals surface area contributed by atoms with Gasteiger partial charge in [-0.05, 0) is 68.7 Å². The maximum Gasteiger partial charge on any atom is 0.295 e. The normalized spacial score (nSPS) is 17.1. The van der Waals surface area contributed by atoms with Crippen molar-refractivity contribution in [2.24, 2.45) is 0 Å². The van der Waals surface area contributed by atoms with Gasteiger partial charge >= 0.3 is 0 Å². The predicted molar refractivity (Wildman–Crippen MR) is 141 cm³/mol.